The molecule has 0 aliphatic heterocycles. The van der Waals surface area contributed by atoms with Crippen molar-refractivity contribution in [2.75, 3.05) is 6.54 Å². The highest BCUT2D eigenvalue weighted by Crippen LogP contribution is 1.89. The van der Waals surface area contributed by atoms with Crippen LogP contribution in [-0.2, 0) is 9.59 Å². The second-order valence-electron chi connectivity index (χ2n) is 3.39. The number of nitrogens with zero attached hydrogens (tertiary/aromatic N) is 1. The van der Waals surface area contributed by atoms with Crippen LogP contribution >= 0.6 is 0 Å². The van der Waals surface area contributed by atoms with E-state index in [0.717, 1.165) is 0 Å². The first-order valence-electron chi connectivity index (χ1n) is 5.51. The second-order valence-corrected chi connectivity index (χ2v) is 3.39. The zero-order valence-electron chi connectivity index (χ0n) is 11.0. The second kappa shape index (κ2) is 10.1. The van der Waals surface area contributed by atoms with Crippen LogP contribution in [0.4, 0.5) is 0 Å². The lowest BCUT2D eigenvalue weighted by atomic mass is 10.2. The van der Waals surface area contributed by atoms with Gasteiger partial charge in [0.25, 0.3) is 0 Å². The summed E-state index contributed by atoms with van der Waals surface area (Å²) >= 11 is 0. The lowest BCUT2D eigenvalue weighted by molar-refractivity contribution is -0.123. The summed E-state index contributed by atoms with van der Waals surface area (Å²) in [4.78, 5) is 21.6. The molecule has 0 bridgehead atoms. The Kier molecular flexibility index (Phi) is 10.8. The third kappa shape index (κ3) is 10.7. The summed E-state index contributed by atoms with van der Waals surface area (Å²) in [5, 5.41) is 6.44. The van der Waals surface area contributed by atoms with Crippen molar-refractivity contribution in [3.05, 3.63) is 0 Å². The monoisotopic (exact) mass is 229 g/mol. The Bertz CT molecular complexity index is 248. The zero-order valence-corrected chi connectivity index (χ0v) is 11.0. The fourth-order valence-corrected chi connectivity index (χ4v) is 0.633. The number of hydrogen-bond acceptors (Lipinski definition) is 3. The fraction of sp³-hybridized carbons (Fsp3) is 0.727. The smallest absolute Gasteiger partial charge is 0.236 e. The van der Waals surface area contributed by atoms with Crippen LogP contribution in [0, 0.1) is 5.92 Å². The predicted octanol–water partition coefficient (Wildman–Crippen LogP) is 1.30. The Morgan fingerprint density at radius 3 is 2.06 bits per heavy atom. The minimum atomic E-state index is -0.223. The minimum absolute atomic E-state index is 0.0256. The Morgan fingerprint density at radius 1 is 1.19 bits per heavy atom. The van der Waals surface area contributed by atoms with E-state index in [1.807, 2.05) is 27.7 Å². The van der Waals surface area contributed by atoms with Gasteiger partial charge in [-0.15, -0.1) is 0 Å². The van der Waals surface area contributed by atoms with Crippen molar-refractivity contribution in [2.24, 2.45) is 11.0 Å². The normalized spacial score (nSPS) is 10.3. The first kappa shape index (κ1) is 17.0. The molecule has 2 N–H and O–H groups in total. The molecule has 0 aliphatic carbocycles. The van der Waals surface area contributed by atoms with Crippen molar-refractivity contribution >= 4 is 17.5 Å². The van der Waals surface area contributed by atoms with Gasteiger partial charge in [-0.2, -0.15) is 5.10 Å². The number of nitrogens with one attached hydrogen (secondary N) is 2. The Balaban J connectivity index is 0. The standard InChI is InChI=1S/C9H17N3O2.C2H6/c1-6(2)9(14)10-5-7(3)11-12-8(4)13;1-2/h6H,5H2,1-4H3,(H,10,14)(H,12,13);1-2H3/b11-7+;. The van der Waals surface area contributed by atoms with Crippen LogP contribution in [0.25, 0.3) is 0 Å². The molecule has 2 amide bonds. The van der Waals surface area contributed by atoms with Gasteiger partial charge in [0, 0.05) is 12.8 Å². The predicted molar refractivity (Wildman–Crippen MR) is 66.1 cm³/mol. The molecule has 94 valence electrons. The Morgan fingerprint density at radius 2 is 1.69 bits per heavy atom. The summed E-state index contributed by atoms with van der Waals surface area (Å²) in [6, 6.07) is 0. The number of amides is 2. The topological polar surface area (TPSA) is 70.6 Å². The molecular weight excluding hydrogens is 206 g/mol. The van der Waals surface area contributed by atoms with Crippen LogP contribution in [0.15, 0.2) is 5.10 Å². The number of hydrogen-bond donors (Lipinski definition) is 2. The lowest BCUT2D eigenvalue weighted by Crippen LogP contribution is -2.32. The maximum atomic E-state index is 11.1. The van der Waals surface area contributed by atoms with Gasteiger partial charge in [-0.25, -0.2) is 5.43 Å². The van der Waals surface area contributed by atoms with Gasteiger partial charge >= 0.3 is 0 Å². The Hall–Kier alpha value is -1.39. The molecule has 0 radical (unpaired) electrons. The van der Waals surface area contributed by atoms with E-state index in [2.05, 4.69) is 15.8 Å². The van der Waals surface area contributed by atoms with E-state index in [9.17, 15) is 9.59 Å². The molecule has 5 nitrogen and oxygen atoms in total. The number of rotatable bonds is 4. The van der Waals surface area contributed by atoms with E-state index in [0.29, 0.717) is 12.3 Å². The number of carbonyl (C=O) groups excluding carboxylic acids is 2. The van der Waals surface area contributed by atoms with E-state index in [1.54, 1.807) is 6.92 Å². The first-order valence-corrected chi connectivity index (χ1v) is 5.51. The van der Waals surface area contributed by atoms with Crippen molar-refractivity contribution in [1.82, 2.24) is 10.7 Å². The molecule has 0 saturated heterocycles. The van der Waals surface area contributed by atoms with Crippen molar-refractivity contribution in [1.29, 1.82) is 0 Å². The largest absolute Gasteiger partial charge is 0.351 e. The highest BCUT2D eigenvalue weighted by molar-refractivity contribution is 5.89. The quantitative estimate of drug-likeness (QED) is 0.563. The van der Waals surface area contributed by atoms with Crippen LogP contribution in [0.2, 0.25) is 0 Å². The maximum absolute atomic E-state index is 11.1. The summed E-state index contributed by atoms with van der Waals surface area (Å²) in [5.41, 5.74) is 2.96. The summed E-state index contributed by atoms with van der Waals surface area (Å²) in [6.07, 6.45) is 0. The molecule has 0 heterocycles. The average Bonchev–Trinajstić information content (AvgIpc) is 2.25. The summed E-state index contributed by atoms with van der Waals surface area (Å²) in [6.45, 7) is 11.1. The maximum Gasteiger partial charge on any atom is 0.236 e. The molecule has 0 unspecified atom stereocenters. The van der Waals surface area contributed by atoms with Gasteiger partial charge in [0.2, 0.25) is 11.8 Å². The van der Waals surface area contributed by atoms with Gasteiger partial charge in [0.15, 0.2) is 0 Å². The number of hydrazone groups is 1. The third-order valence-corrected chi connectivity index (χ3v) is 1.45. The van der Waals surface area contributed by atoms with E-state index >= 15 is 0 Å². The molecule has 0 saturated carbocycles. The van der Waals surface area contributed by atoms with Gasteiger partial charge in [-0.1, -0.05) is 27.7 Å². The van der Waals surface area contributed by atoms with Crippen molar-refractivity contribution in [3.8, 4) is 0 Å². The molecule has 0 aromatic rings. The van der Waals surface area contributed by atoms with Crippen molar-refractivity contribution in [2.45, 2.75) is 41.5 Å². The summed E-state index contributed by atoms with van der Waals surface area (Å²) < 4.78 is 0. The molecule has 0 fully saturated rings. The molecule has 16 heavy (non-hydrogen) atoms. The molecular formula is C11H23N3O2. The first-order chi connectivity index (χ1) is 7.43. The van der Waals surface area contributed by atoms with Crippen molar-refractivity contribution in [3.63, 3.8) is 0 Å². The average molecular weight is 229 g/mol. The van der Waals surface area contributed by atoms with Gasteiger partial charge in [0.05, 0.1) is 12.3 Å². The molecule has 0 rings (SSSR count). The van der Waals surface area contributed by atoms with Crippen LogP contribution in [0.1, 0.15) is 41.5 Å². The molecule has 5 heteroatoms. The minimum Gasteiger partial charge on any atom is -0.351 e. The molecule has 0 aliphatic rings. The highest BCUT2D eigenvalue weighted by Gasteiger charge is 2.05. The van der Waals surface area contributed by atoms with Crippen LogP contribution in [-0.4, -0.2) is 24.1 Å². The van der Waals surface area contributed by atoms with Gasteiger partial charge in [-0.3, -0.25) is 9.59 Å². The van der Waals surface area contributed by atoms with E-state index < -0.39 is 0 Å². The van der Waals surface area contributed by atoms with Gasteiger partial charge in [0.1, 0.15) is 0 Å². The summed E-state index contributed by atoms with van der Waals surface area (Å²) in [5.74, 6) is -0.287. The van der Waals surface area contributed by atoms with Crippen LogP contribution < -0.4 is 10.7 Å². The zero-order chi connectivity index (χ0) is 13.1. The third-order valence-electron chi connectivity index (χ3n) is 1.45. The van der Waals surface area contributed by atoms with Gasteiger partial charge < -0.3 is 5.32 Å². The Labute approximate surface area is 97.7 Å². The van der Waals surface area contributed by atoms with Crippen LogP contribution in [0.5, 0.6) is 0 Å². The summed E-state index contributed by atoms with van der Waals surface area (Å²) in [7, 11) is 0. The van der Waals surface area contributed by atoms with Crippen molar-refractivity contribution < 1.29 is 9.59 Å². The molecule has 0 aromatic carbocycles. The lowest BCUT2D eigenvalue weighted by Gasteiger charge is -2.06. The van der Waals surface area contributed by atoms with E-state index in [1.165, 1.54) is 6.92 Å². The number of carbonyl (C=O) groups is 2. The molecule has 0 aromatic heterocycles. The van der Waals surface area contributed by atoms with Gasteiger partial charge in [-0.05, 0) is 6.92 Å². The van der Waals surface area contributed by atoms with E-state index in [-0.39, 0.29) is 17.7 Å². The van der Waals surface area contributed by atoms with Crippen LogP contribution in [0.3, 0.4) is 0 Å². The van der Waals surface area contributed by atoms with E-state index in [4.69, 9.17) is 0 Å². The highest BCUT2D eigenvalue weighted by atomic mass is 16.2. The molecule has 0 atom stereocenters. The fourth-order valence-electron chi connectivity index (χ4n) is 0.633. The molecule has 0 spiro atoms. The SMILES string of the molecule is CC.CC(=O)N/N=C(\C)CNC(=O)C(C)C.